The molecule has 1 aliphatic heterocycles. The Balaban J connectivity index is 2.14. The monoisotopic (exact) mass is 249 g/mol. The van der Waals surface area contributed by atoms with Crippen molar-refractivity contribution in [1.29, 1.82) is 0 Å². The zero-order valence-corrected chi connectivity index (χ0v) is 11.3. The highest BCUT2D eigenvalue weighted by atomic mass is 32.2. The van der Waals surface area contributed by atoms with Gasteiger partial charge in [0, 0.05) is 17.4 Å². The van der Waals surface area contributed by atoms with Crippen molar-refractivity contribution in [1.82, 2.24) is 0 Å². The first-order chi connectivity index (χ1) is 8.22. The van der Waals surface area contributed by atoms with E-state index in [-0.39, 0.29) is 11.8 Å². The van der Waals surface area contributed by atoms with Crippen LogP contribution in [0, 0.1) is 12.8 Å². The summed E-state index contributed by atoms with van der Waals surface area (Å²) in [7, 11) is 0. The van der Waals surface area contributed by atoms with Crippen LogP contribution in [-0.2, 0) is 11.2 Å². The number of anilines is 1. The molecule has 2 rings (SSSR count). The summed E-state index contributed by atoms with van der Waals surface area (Å²) in [6.45, 7) is 4.17. The maximum Gasteiger partial charge on any atom is 0.228 e. The first-order valence-corrected chi connectivity index (χ1v) is 7.35. The number of rotatable bonds is 3. The van der Waals surface area contributed by atoms with Gasteiger partial charge in [-0.3, -0.25) is 4.79 Å². The third-order valence-electron chi connectivity index (χ3n) is 3.29. The molecule has 1 aromatic rings. The fourth-order valence-electron chi connectivity index (χ4n) is 2.17. The number of benzene rings is 1. The lowest BCUT2D eigenvalue weighted by atomic mass is 10.0. The minimum Gasteiger partial charge on any atom is -0.325 e. The highest BCUT2D eigenvalue weighted by Crippen LogP contribution is 2.27. The molecule has 1 aliphatic rings. The number of carbonyl (C=O) groups excluding carboxylic acids is 1. The molecule has 1 atom stereocenters. The summed E-state index contributed by atoms with van der Waals surface area (Å²) in [5.41, 5.74) is 3.41. The summed E-state index contributed by atoms with van der Waals surface area (Å²) in [6.07, 6.45) is 1.97. The molecule has 1 amide bonds. The summed E-state index contributed by atoms with van der Waals surface area (Å²) in [4.78, 5) is 12.1. The number of hydrogen-bond donors (Lipinski definition) is 1. The molecule has 1 saturated heterocycles. The molecule has 0 spiro atoms. The zero-order valence-electron chi connectivity index (χ0n) is 10.5. The maximum atomic E-state index is 12.1. The smallest absolute Gasteiger partial charge is 0.228 e. The van der Waals surface area contributed by atoms with Crippen LogP contribution >= 0.6 is 11.8 Å². The summed E-state index contributed by atoms with van der Waals surface area (Å²) < 4.78 is 0. The number of thioether (sulfide) groups is 1. The van der Waals surface area contributed by atoms with Gasteiger partial charge < -0.3 is 5.32 Å². The van der Waals surface area contributed by atoms with Gasteiger partial charge in [-0.2, -0.15) is 11.8 Å². The number of hydrogen-bond acceptors (Lipinski definition) is 2. The molecule has 1 aromatic carbocycles. The molecule has 3 heteroatoms. The molecular formula is C14H19NOS. The Kier molecular flexibility index (Phi) is 4.11. The molecule has 0 bridgehead atoms. The van der Waals surface area contributed by atoms with Crippen molar-refractivity contribution >= 4 is 23.4 Å². The predicted octanol–water partition coefficient (Wildman–Crippen LogP) is 3.25. The molecule has 0 radical (unpaired) electrons. The second kappa shape index (κ2) is 5.58. The first-order valence-electron chi connectivity index (χ1n) is 6.19. The molecule has 2 nitrogen and oxygen atoms in total. The summed E-state index contributed by atoms with van der Waals surface area (Å²) >= 11 is 1.87. The van der Waals surface area contributed by atoms with Crippen molar-refractivity contribution in [2.45, 2.75) is 26.7 Å². The van der Waals surface area contributed by atoms with E-state index >= 15 is 0 Å². The van der Waals surface area contributed by atoms with Crippen LogP contribution in [-0.4, -0.2) is 17.4 Å². The molecular weight excluding hydrogens is 230 g/mol. The van der Waals surface area contributed by atoms with Crippen LogP contribution in [0.1, 0.15) is 24.5 Å². The van der Waals surface area contributed by atoms with Crippen LogP contribution in [0.15, 0.2) is 18.2 Å². The fraction of sp³-hybridized carbons (Fsp3) is 0.500. The lowest BCUT2D eigenvalue weighted by Crippen LogP contribution is -2.23. The van der Waals surface area contributed by atoms with E-state index < -0.39 is 0 Å². The molecule has 0 saturated carbocycles. The van der Waals surface area contributed by atoms with E-state index in [1.807, 2.05) is 11.8 Å². The van der Waals surface area contributed by atoms with Gasteiger partial charge >= 0.3 is 0 Å². The van der Waals surface area contributed by atoms with E-state index in [0.29, 0.717) is 0 Å². The van der Waals surface area contributed by atoms with Gasteiger partial charge in [-0.1, -0.05) is 25.1 Å². The Bertz CT molecular complexity index is 411. The Morgan fingerprint density at radius 2 is 2.35 bits per heavy atom. The molecule has 17 heavy (non-hydrogen) atoms. The standard InChI is InChI=1S/C14H19NOS/c1-3-11-6-4-5-10(2)13(11)15-14(16)12-7-8-17-9-12/h4-6,12H,3,7-9H2,1-2H3,(H,15,16). The largest absolute Gasteiger partial charge is 0.325 e. The van der Waals surface area contributed by atoms with Crippen LogP contribution < -0.4 is 5.32 Å². The Morgan fingerprint density at radius 3 is 3.00 bits per heavy atom. The van der Waals surface area contributed by atoms with Gasteiger partial charge in [0.2, 0.25) is 5.91 Å². The topological polar surface area (TPSA) is 29.1 Å². The van der Waals surface area contributed by atoms with E-state index in [4.69, 9.17) is 0 Å². The zero-order chi connectivity index (χ0) is 12.3. The van der Waals surface area contributed by atoms with Crippen molar-refractivity contribution < 1.29 is 4.79 Å². The first kappa shape index (κ1) is 12.5. The average Bonchev–Trinajstić information content (AvgIpc) is 2.85. The van der Waals surface area contributed by atoms with Crippen LogP contribution in [0.2, 0.25) is 0 Å². The lowest BCUT2D eigenvalue weighted by Gasteiger charge is -2.15. The molecule has 1 heterocycles. The van der Waals surface area contributed by atoms with E-state index in [0.717, 1.165) is 35.6 Å². The van der Waals surface area contributed by atoms with Gasteiger partial charge in [-0.25, -0.2) is 0 Å². The normalized spacial score (nSPS) is 19.3. The molecule has 1 fully saturated rings. The van der Waals surface area contributed by atoms with Gasteiger partial charge in [0.25, 0.3) is 0 Å². The SMILES string of the molecule is CCc1cccc(C)c1NC(=O)C1CCSC1. The van der Waals surface area contributed by atoms with Gasteiger partial charge in [0.1, 0.15) is 0 Å². The lowest BCUT2D eigenvalue weighted by molar-refractivity contribution is -0.119. The van der Waals surface area contributed by atoms with Gasteiger partial charge in [0.05, 0.1) is 0 Å². The van der Waals surface area contributed by atoms with Crippen LogP contribution in [0.5, 0.6) is 0 Å². The average molecular weight is 249 g/mol. The summed E-state index contributed by atoms with van der Waals surface area (Å²) in [5.74, 6) is 2.48. The minimum absolute atomic E-state index is 0.194. The van der Waals surface area contributed by atoms with Crippen LogP contribution in [0.4, 0.5) is 5.69 Å². The molecule has 0 aliphatic carbocycles. The summed E-state index contributed by atoms with van der Waals surface area (Å²) in [6, 6.07) is 6.19. The number of para-hydroxylation sites is 1. The third kappa shape index (κ3) is 2.83. The van der Waals surface area contributed by atoms with E-state index in [2.05, 4.69) is 37.4 Å². The van der Waals surface area contributed by atoms with E-state index in [1.165, 1.54) is 5.56 Å². The predicted molar refractivity (Wildman–Crippen MR) is 74.6 cm³/mol. The van der Waals surface area contributed by atoms with Crippen molar-refractivity contribution in [3.05, 3.63) is 29.3 Å². The Labute approximate surface area is 107 Å². The number of nitrogens with one attached hydrogen (secondary N) is 1. The second-order valence-corrected chi connectivity index (χ2v) is 5.66. The van der Waals surface area contributed by atoms with Crippen LogP contribution in [0.25, 0.3) is 0 Å². The highest BCUT2D eigenvalue weighted by Gasteiger charge is 2.23. The molecule has 92 valence electrons. The maximum absolute atomic E-state index is 12.1. The van der Waals surface area contributed by atoms with Crippen molar-refractivity contribution in [3.8, 4) is 0 Å². The quantitative estimate of drug-likeness (QED) is 0.891. The summed E-state index contributed by atoms with van der Waals surface area (Å²) in [5, 5.41) is 3.12. The number of aryl methyl sites for hydroxylation is 2. The second-order valence-electron chi connectivity index (χ2n) is 4.51. The van der Waals surface area contributed by atoms with E-state index in [9.17, 15) is 4.79 Å². The molecule has 1 unspecified atom stereocenters. The highest BCUT2D eigenvalue weighted by molar-refractivity contribution is 7.99. The van der Waals surface area contributed by atoms with E-state index in [1.54, 1.807) is 0 Å². The van der Waals surface area contributed by atoms with Gasteiger partial charge in [-0.15, -0.1) is 0 Å². The van der Waals surface area contributed by atoms with Crippen molar-refractivity contribution in [3.63, 3.8) is 0 Å². The van der Waals surface area contributed by atoms with Crippen molar-refractivity contribution in [2.24, 2.45) is 5.92 Å². The molecule has 0 aromatic heterocycles. The number of amides is 1. The third-order valence-corrected chi connectivity index (χ3v) is 4.45. The minimum atomic E-state index is 0.194. The fourth-order valence-corrected chi connectivity index (χ4v) is 3.39. The van der Waals surface area contributed by atoms with Gasteiger partial charge in [-0.05, 0) is 36.6 Å². The molecule has 1 N–H and O–H groups in total. The Morgan fingerprint density at radius 1 is 1.53 bits per heavy atom. The van der Waals surface area contributed by atoms with Crippen LogP contribution in [0.3, 0.4) is 0 Å². The van der Waals surface area contributed by atoms with Gasteiger partial charge in [0.15, 0.2) is 0 Å². The Hall–Kier alpha value is -0.960. The number of carbonyl (C=O) groups is 1. The van der Waals surface area contributed by atoms with Crippen molar-refractivity contribution in [2.75, 3.05) is 16.8 Å².